The van der Waals surface area contributed by atoms with Crippen LogP contribution in [0.15, 0.2) is 85.3 Å². The molecule has 2 aromatic carbocycles. The lowest BCUT2D eigenvalue weighted by Gasteiger charge is -2.16. The highest BCUT2D eigenvalue weighted by molar-refractivity contribution is 5.81. The Kier molecular flexibility index (Phi) is 5.18. The largest absolute Gasteiger partial charge is 0.376 e. The van der Waals surface area contributed by atoms with E-state index in [-0.39, 0.29) is 0 Å². The summed E-state index contributed by atoms with van der Waals surface area (Å²) in [6.07, 6.45) is 4.27. The molecule has 4 nitrogen and oxygen atoms in total. The van der Waals surface area contributed by atoms with Gasteiger partial charge in [0.15, 0.2) is 0 Å². The van der Waals surface area contributed by atoms with Crippen LogP contribution in [0.5, 0.6) is 0 Å². The molecule has 0 fully saturated rings. The van der Waals surface area contributed by atoms with E-state index >= 15 is 0 Å². The number of aromatic nitrogens is 2. The van der Waals surface area contributed by atoms with Crippen LogP contribution in [-0.4, -0.2) is 19.8 Å². The second-order valence-electron chi connectivity index (χ2n) is 7.23. The lowest BCUT2D eigenvalue weighted by Crippen LogP contribution is -2.18. The fraction of sp³-hybridized carbons (Fsp3) is 0.160. The fourth-order valence-corrected chi connectivity index (χ4v) is 3.32. The number of hydrogen-bond acceptors (Lipinski definition) is 3. The Balaban J connectivity index is 1.56. The van der Waals surface area contributed by atoms with E-state index in [4.69, 9.17) is 0 Å². The molecule has 29 heavy (non-hydrogen) atoms. The maximum atomic E-state index is 10.6. The van der Waals surface area contributed by atoms with Crippen LogP contribution in [-0.2, 0) is 12.1 Å². The van der Waals surface area contributed by atoms with Gasteiger partial charge in [-0.1, -0.05) is 54.3 Å². The first-order chi connectivity index (χ1) is 14.0. The van der Waals surface area contributed by atoms with Crippen molar-refractivity contribution in [3.63, 3.8) is 0 Å². The lowest BCUT2D eigenvalue weighted by molar-refractivity contribution is 0.120. The quantitative estimate of drug-likeness (QED) is 0.524. The van der Waals surface area contributed by atoms with Crippen LogP contribution in [0.4, 0.5) is 0 Å². The Morgan fingerprint density at radius 1 is 1.07 bits per heavy atom. The minimum Gasteiger partial charge on any atom is -0.376 e. The fourth-order valence-electron chi connectivity index (χ4n) is 3.32. The van der Waals surface area contributed by atoms with Gasteiger partial charge in [0, 0.05) is 36.2 Å². The summed E-state index contributed by atoms with van der Waals surface area (Å²) in [5.41, 5.74) is 2.24. The van der Waals surface area contributed by atoms with Crippen molar-refractivity contribution in [3.8, 4) is 11.8 Å². The van der Waals surface area contributed by atoms with Gasteiger partial charge < -0.3 is 14.8 Å². The van der Waals surface area contributed by atoms with E-state index in [1.807, 2.05) is 48.7 Å². The van der Waals surface area contributed by atoms with Crippen molar-refractivity contribution < 1.29 is 10.2 Å². The normalized spacial score (nSPS) is 14.0. The van der Waals surface area contributed by atoms with Gasteiger partial charge in [0.2, 0.25) is 0 Å². The van der Waals surface area contributed by atoms with Crippen LogP contribution in [0.3, 0.4) is 0 Å². The van der Waals surface area contributed by atoms with Crippen molar-refractivity contribution in [2.45, 2.75) is 25.2 Å². The Morgan fingerprint density at radius 2 is 1.90 bits per heavy atom. The zero-order chi connectivity index (χ0) is 20.3. The highest BCUT2D eigenvalue weighted by Gasteiger charge is 2.20. The Labute approximate surface area is 170 Å². The number of hydrogen-bond donors (Lipinski definition) is 2. The first-order valence-electron chi connectivity index (χ1n) is 9.49. The molecule has 0 spiro atoms. The maximum Gasteiger partial charge on any atom is 0.149 e. The molecule has 2 N–H and O–H groups in total. The second-order valence-corrected chi connectivity index (χ2v) is 7.23. The monoisotopic (exact) mass is 382 g/mol. The van der Waals surface area contributed by atoms with E-state index in [0.717, 1.165) is 17.4 Å². The predicted octanol–water partition coefficient (Wildman–Crippen LogP) is 4.03. The molecular formula is C25H22N2O2. The molecule has 0 aliphatic heterocycles. The molecule has 0 aliphatic carbocycles. The van der Waals surface area contributed by atoms with Gasteiger partial charge in [-0.3, -0.25) is 4.98 Å². The van der Waals surface area contributed by atoms with Crippen LogP contribution in [0.2, 0.25) is 0 Å². The third-order valence-corrected chi connectivity index (χ3v) is 4.98. The highest BCUT2D eigenvalue weighted by Crippen LogP contribution is 2.23. The number of aliphatic hydroxyl groups is 2. The van der Waals surface area contributed by atoms with Crippen molar-refractivity contribution in [1.29, 1.82) is 0 Å². The number of aliphatic hydroxyl groups excluding tert-OH is 1. The number of benzene rings is 2. The molecule has 2 heterocycles. The van der Waals surface area contributed by atoms with Gasteiger partial charge in [0.1, 0.15) is 11.7 Å². The number of fused-ring (bicyclic) bond motifs is 1. The van der Waals surface area contributed by atoms with Crippen LogP contribution in [0.25, 0.3) is 10.9 Å². The minimum absolute atomic E-state index is 0.591. The molecular weight excluding hydrogens is 360 g/mol. The standard InChI is InChI=1S/C25H22N2O2/c1-25(29,22-8-5-14-26-17-22)13-11-24(28)21-9-10-23-20(16-21)12-15-27(23)18-19-6-3-2-4-7-19/h2-10,12,14-17,24,28-29H,18H2,1H3. The van der Waals surface area contributed by atoms with Crippen molar-refractivity contribution in [2.24, 2.45) is 0 Å². The average Bonchev–Trinajstić information content (AvgIpc) is 3.15. The van der Waals surface area contributed by atoms with E-state index in [1.54, 1.807) is 31.5 Å². The number of pyridine rings is 1. The molecule has 2 unspecified atom stereocenters. The van der Waals surface area contributed by atoms with E-state index in [9.17, 15) is 10.2 Å². The van der Waals surface area contributed by atoms with E-state index in [2.05, 4.69) is 33.5 Å². The summed E-state index contributed by atoms with van der Waals surface area (Å²) in [6.45, 7) is 2.39. The molecule has 0 saturated heterocycles. The van der Waals surface area contributed by atoms with E-state index in [1.165, 1.54) is 5.56 Å². The molecule has 4 heteroatoms. The zero-order valence-corrected chi connectivity index (χ0v) is 16.2. The first kappa shape index (κ1) is 18.9. The molecule has 0 saturated carbocycles. The van der Waals surface area contributed by atoms with Crippen molar-refractivity contribution in [1.82, 2.24) is 9.55 Å². The average molecular weight is 382 g/mol. The van der Waals surface area contributed by atoms with Crippen LogP contribution in [0.1, 0.15) is 29.7 Å². The van der Waals surface area contributed by atoms with E-state index < -0.39 is 11.7 Å². The number of rotatable bonds is 4. The zero-order valence-electron chi connectivity index (χ0n) is 16.2. The lowest BCUT2D eigenvalue weighted by atomic mass is 9.97. The first-order valence-corrected chi connectivity index (χ1v) is 9.49. The Morgan fingerprint density at radius 3 is 2.66 bits per heavy atom. The maximum absolute atomic E-state index is 10.6. The smallest absolute Gasteiger partial charge is 0.149 e. The van der Waals surface area contributed by atoms with E-state index in [0.29, 0.717) is 11.1 Å². The summed E-state index contributed by atoms with van der Waals surface area (Å²) >= 11 is 0. The topological polar surface area (TPSA) is 58.3 Å². The molecule has 2 aromatic heterocycles. The van der Waals surface area contributed by atoms with Gasteiger partial charge in [0.25, 0.3) is 0 Å². The SMILES string of the molecule is CC(O)(C#CC(O)c1ccc2c(ccn2Cc2ccccc2)c1)c1cccnc1. The summed E-state index contributed by atoms with van der Waals surface area (Å²) in [7, 11) is 0. The molecule has 0 aliphatic rings. The van der Waals surface area contributed by atoms with Gasteiger partial charge in [-0.2, -0.15) is 0 Å². The van der Waals surface area contributed by atoms with Crippen LogP contribution < -0.4 is 0 Å². The van der Waals surface area contributed by atoms with Crippen LogP contribution in [0, 0.1) is 11.8 Å². The molecule has 4 rings (SSSR count). The van der Waals surface area contributed by atoms with Gasteiger partial charge >= 0.3 is 0 Å². The summed E-state index contributed by atoms with van der Waals surface area (Å²) < 4.78 is 2.18. The third-order valence-electron chi connectivity index (χ3n) is 4.98. The minimum atomic E-state index is -1.38. The van der Waals surface area contributed by atoms with Gasteiger partial charge in [0.05, 0.1) is 0 Å². The Bertz CT molecular complexity index is 1170. The molecule has 0 amide bonds. The summed E-state index contributed by atoms with van der Waals surface area (Å²) in [5, 5.41) is 22.1. The predicted molar refractivity (Wildman–Crippen MR) is 114 cm³/mol. The van der Waals surface area contributed by atoms with Gasteiger partial charge in [-0.25, -0.2) is 0 Å². The number of nitrogens with zero attached hydrogens (tertiary/aromatic N) is 2. The molecule has 144 valence electrons. The third kappa shape index (κ3) is 4.22. The second kappa shape index (κ2) is 7.92. The molecule has 2 atom stereocenters. The van der Waals surface area contributed by atoms with Crippen molar-refractivity contribution >= 4 is 10.9 Å². The Hall–Kier alpha value is -3.39. The van der Waals surface area contributed by atoms with Gasteiger partial charge in [-0.05, 0) is 47.7 Å². The molecule has 0 bridgehead atoms. The summed E-state index contributed by atoms with van der Waals surface area (Å²) in [5.74, 6) is 5.54. The summed E-state index contributed by atoms with van der Waals surface area (Å²) in [4.78, 5) is 4.01. The highest BCUT2D eigenvalue weighted by atomic mass is 16.3. The van der Waals surface area contributed by atoms with Crippen LogP contribution >= 0.6 is 0 Å². The van der Waals surface area contributed by atoms with Crippen molar-refractivity contribution in [3.05, 3.63) is 102 Å². The van der Waals surface area contributed by atoms with Crippen molar-refractivity contribution in [2.75, 3.05) is 0 Å². The summed E-state index contributed by atoms with van der Waals surface area (Å²) in [6, 6.07) is 21.6. The molecule has 4 aromatic rings. The molecule has 0 radical (unpaired) electrons. The van der Waals surface area contributed by atoms with Gasteiger partial charge in [-0.15, -0.1) is 0 Å².